The van der Waals surface area contributed by atoms with Gasteiger partial charge in [-0.05, 0) is 35.6 Å². The zero-order chi connectivity index (χ0) is 15.5. The molecule has 1 aromatic heterocycles. The highest BCUT2D eigenvalue weighted by atomic mass is 35.5. The topological polar surface area (TPSA) is 37.4 Å². The van der Waals surface area contributed by atoms with Crippen molar-refractivity contribution in [3.63, 3.8) is 0 Å². The standard InChI is InChI=1S/C14H15ClFNO2S2/c1-17(7-6-13-3-2-8-20-13)21(18,19)14-9-12(16)5-4-11(14)10-15/h2-5,8-9H,6-7,10H2,1H3. The van der Waals surface area contributed by atoms with E-state index in [-0.39, 0.29) is 10.8 Å². The molecule has 0 aliphatic carbocycles. The van der Waals surface area contributed by atoms with E-state index in [0.717, 1.165) is 10.9 Å². The predicted octanol–water partition coefficient (Wildman–Crippen LogP) is 3.49. The van der Waals surface area contributed by atoms with Crippen molar-refractivity contribution in [1.29, 1.82) is 0 Å². The smallest absolute Gasteiger partial charge is 0.207 e. The highest BCUT2D eigenvalue weighted by Crippen LogP contribution is 2.22. The average molecular weight is 348 g/mol. The first-order chi connectivity index (χ1) is 9.95. The summed E-state index contributed by atoms with van der Waals surface area (Å²) in [5, 5.41) is 1.95. The van der Waals surface area contributed by atoms with Crippen molar-refractivity contribution in [3.8, 4) is 0 Å². The van der Waals surface area contributed by atoms with Gasteiger partial charge < -0.3 is 0 Å². The average Bonchev–Trinajstić information content (AvgIpc) is 2.97. The van der Waals surface area contributed by atoms with E-state index < -0.39 is 15.8 Å². The minimum Gasteiger partial charge on any atom is -0.207 e. The normalized spacial score (nSPS) is 12.0. The van der Waals surface area contributed by atoms with Crippen molar-refractivity contribution in [1.82, 2.24) is 4.31 Å². The third-order valence-corrected chi connectivity index (χ3v) is 6.28. The van der Waals surface area contributed by atoms with Crippen LogP contribution in [0.2, 0.25) is 0 Å². The van der Waals surface area contributed by atoms with Gasteiger partial charge in [-0.15, -0.1) is 22.9 Å². The van der Waals surface area contributed by atoms with E-state index in [1.54, 1.807) is 11.3 Å². The van der Waals surface area contributed by atoms with Crippen LogP contribution in [-0.4, -0.2) is 26.3 Å². The Labute approximate surface area is 133 Å². The monoisotopic (exact) mass is 347 g/mol. The van der Waals surface area contributed by atoms with Gasteiger partial charge in [0.15, 0.2) is 0 Å². The van der Waals surface area contributed by atoms with Crippen LogP contribution in [0.15, 0.2) is 40.6 Å². The summed E-state index contributed by atoms with van der Waals surface area (Å²) in [6.07, 6.45) is 0.624. The minimum absolute atomic E-state index is 0.0214. The maximum Gasteiger partial charge on any atom is 0.243 e. The Morgan fingerprint density at radius 1 is 1.33 bits per heavy atom. The molecule has 0 radical (unpaired) electrons. The number of hydrogen-bond donors (Lipinski definition) is 0. The third-order valence-electron chi connectivity index (χ3n) is 3.11. The lowest BCUT2D eigenvalue weighted by Gasteiger charge is -2.18. The summed E-state index contributed by atoms with van der Waals surface area (Å²) in [7, 11) is -2.25. The fourth-order valence-corrected chi connectivity index (χ4v) is 4.30. The number of rotatable bonds is 6. The van der Waals surface area contributed by atoms with Crippen LogP contribution in [0.3, 0.4) is 0 Å². The van der Waals surface area contributed by atoms with Gasteiger partial charge in [-0.2, -0.15) is 0 Å². The molecule has 0 N–H and O–H groups in total. The molecule has 0 saturated carbocycles. The van der Waals surface area contributed by atoms with E-state index in [1.807, 2.05) is 17.5 Å². The number of sulfonamides is 1. The molecule has 0 bridgehead atoms. The van der Waals surface area contributed by atoms with Crippen LogP contribution in [0.1, 0.15) is 10.4 Å². The lowest BCUT2D eigenvalue weighted by Crippen LogP contribution is -2.29. The molecule has 1 heterocycles. The molecule has 7 heteroatoms. The van der Waals surface area contributed by atoms with E-state index in [1.165, 1.54) is 23.5 Å². The van der Waals surface area contributed by atoms with Crippen LogP contribution < -0.4 is 0 Å². The number of benzene rings is 1. The molecule has 0 unspecified atom stereocenters. The zero-order valence-corrected chi connectivity index (χ0v) is 13.8. The molecular weight excluding hydrogens is 333 g/mol. The molecule has 0 aliphatic rings. The van der Waals surface area contributed by atoms with Crippen molar-refractivity contribution in [2.24, 2.45) is 0 Å². The van der Waals surface area contributed by atoms with Crippen molar-refractivity contribution < 1.29 is 12.8 Å². The molecule has 0 atom stereocenters. The second-order valence-corrected chi connectivity index (χ2v) is 7.85. The Kier molecular flexibility index (Phi) is 5.37. The zero-order valence-electron chi connectivity index (χ0n) is 11.4. The van der Waals surface area contributed by atoms with Crippen LogP contribution in [0.4, 0.5) is 4.39 Å². The number of nitrogens with zero attached hydrogens (tertiary/aromatic N) is 1. The number of halogens is 2. The van der Waals surface area contributed by atoms with Crippen LogP contribution in [-0.2, 0) is 22.3 Å². The van der Waals surface area contributed by atoms with Crippen LogP contribution in [0.25, 0.3) is 0 Å². The summed E-state index contributed by atoms with van der Waals surface area (Å²) in [4.78, 5) is 1.04. The molecule has 0 aliphatic heterocycles. The number of thiophene rings is 1. The second-order valence-electron chi connectivity index (χ2n) is 4.54. The summed E-state index contributed by atoms with van der Waals surface area (Å²) in [5.74, 6) is -0.567. The lowest BCUT2D eigenvalue weighted by molar-refractivity contribution is 0.472. The molecule has 0 spiro atoms. The van der Waals surface area contributed by atoms with Gasteiger partial charge in [0.05, 0.1) is 4.90 Å². The maximum absolute atomic E-state index is 13.4. The Morgan fingerprint density at radius 2 is 2.10 bits per heavy atom. The van der Waals surface area contributed by atoms with Gasteiger partial charge in [0.2, 0.25) is 10.0 Å². The molecule has 114 valence electrons. The van der Waals surface area contributed by atoms with Gasteiger partial charge in [-0.1, -0.05) is 12.1 Å². The van der Waals surface area contributed by atoms with E-state index in [9.17, 15) is 12.8 Å². The molecule has 2 aromatic rings. The van der Waals surface area contributed by atoms with E-state index in [0.29, 0.717) is 18.5 Å². The van der Waals surface area contributed by atoms with E-state index >= 15 is 0 Å². The molecule has 0 fully saturated rings. The van der Waals surface area contributed by atoms with Crippen molar-refractivity contribution in [3.05, 3.63) is 52.0 Å². The van der Waals surface area contributed by atoms with Crippen LogP contribution in [0.5, 0.6) is 0 Å². The molecular formula is C14H15ClFNO2S2. The molecule has 2 rings (SSSR count). The first kappa shape index (κ1) is 16.4. The SMILES string of the molecule is CN(CCc1cccs1)S(=O)(=O)c1cc(F)ccc1CCl. The minimum atomic E-state index is -3.74. The first-order valence-corrected chi connectivity index (χ1v) is 9.13. The number of likely N-dealkylation sites (N-methyl/N-ethyl adjacent to an activating group) is 1. The van der Waals surface area contributed by atoms with Gasteiger partial charge in [0.25, 0.3) is 0 Å². The summed E-state index contributed by atoms with van der Waals surface area (Å²) >= 11 is 7.33. The van der Waals surface area contributed by atoms with Gasteiger partial charge in [-0.25, -0.2) is 17.1 Å². The fourth-order valence-electron chi connectivity index (χ4n) is 1.89. The van der Waals surface area contributed by atoms with Crippen molar-refractivity contribution in [2.45, 2.75) is 17.2 Å². The number of hydrogen-bond acceptors (Lipinski definition) is 3. The molecule has 21 heavy (non-hydrogen) atoms. The van der Waals surface area contributed by atoms with E-state index in [2.05, 4.69) is 0 Å². The van der Waals surface area contributed by atoms with Crippen LogP contribution in [0, 0.1) is 5.82 Å². The molecule has 3 nitrogen and oxygen atoms in total. The molecule has 1 aromatic carbocycles. The van der Waals surface area contributed by atoms with Crippen LogP contribution >= 0.6 is 22.9 Å². The Bertz CT molecular complexity index is 702. The summed E-state index contributed by atoms with van der Waals surface area (Å²) < 4.78 is 39.7. The number of alkyl halides is 1. The summed E-state index contributed by atoms with van der Waals surface area (Å²) in [5.41, 5.74) is 0.404. The van der Waals surface area contributed by atoms with Crippen molar-refractivity contribution in [2.75, 3.05) is 13.6 Å². The summed E-state index contributed by atoms with van der Waals surface area (Å²) in [6, 6.07) is 7.52. The van der Waals surface area contributed by atoms with Gasteiger partial charge in [-0.3, -0.25) is 0 Å². The van der Waals surface area contributed by atoms with E-state index in [4.69, 9.17) is 11.6 Å². The van der Waals surface area contributed by atoms with Gasteiger partial charge >= 0.3 is 0 Å². The first-order valence-electron chi connectivity index (χ1n) is 6.28. The Balaban J connectivity index is 2.22. The quantitative estimate of drug-likeness (QED) is 0.750. The lowest BCUT2D eigenvalue weighted by atomic mass is 10.2. The maximum atomic E-state index is 13.4. The molecule has 0 amide bonds. The second kappa shape index (κ2) is 6.87. The van der Waals surface area contributed by atoms with Gasteiger partial charge in [0.1, 0.15) is 5.82 Å². The highest BCUT2D eigenvalue weighted by molar-refractivity contribution is 7.89. The Morgan fingerprint density at radius 3 is 2.71 bits per heavy atom. The third kappa shape index (κ3) is 3.83. The largest absolute Gasteiger partial charge is 0.243 e. The highest BCUT2D eigenvalue weighted by Gasteiger charge is 2.24. The fraction of sp³-hybridized carbons (Fsp3) is 0.286. The predicted molar refractivity (Wildman–Crippen MR) is 83.8 cm³/mol. The van der Waals surface area contributed by atoms with Crippen molar-refractivity contribution >= 4 is 33.0 Å². The Hall–Kier alpha value is -0.950. The molecule has 0 saturated heterocycles. The van der Waals surface area contributed by atoms with Gasteiger partial charge in [0, 0.05) is 24.3 Å². The summed E-state index contributed by atoms with van der Waals surface area (Å²) in [6.45, 7) is 0.334.